The van der Waals surface area contributed by atoms with Crippen LogP contribution in [0.15, 0.2) is 54.6 Å². The number of non-ortho nitro benzene ring substituents is 1. The first-order chi connectivity index (χ1) is 13.5. The maximum absolute atomic E-state index is 13.4. The van der Waals surface area contributed by atoms with Crippen LogP contribution in [0.5, 0.6) is 0 Å². The zero-order valence-electron chi connectivity index (χ0n) is 15.8. The van der Waals surface area contributed by atoms with Crippen LogP contribution < -0.4 is 5.32 Å². The lowest BCUT2D eigenvalue weighted by Crippen LogP contribution is -2.57. The van der Waals surface area contributed by atoms with Crippen LogP contribution in [0.25, 0.3) is 0 Å². The van der Waals surface area contributed by atoms with Crippen molar-refractivity contribution >= 4 is 17.3 Å². The molecule has 4 bridgehead atoms. The van der Waals surface area contributed by atoms with E-state index in [9.17, 15) is 14.9 Å². The fraction of sp³-hybridized carbons (Fsp3) is 0.435. The molecule has 1 N–H and O–H groups in total. The third kappa shape index (κ3) is 2.72. The van der Waals surface area contributed by atoms with Gasteiger partial charge in [-0.05, 0) is 73.5 Å². The number of hydrogen-bond acceptors (Lipinski definition) is 3. The van der Waals surface area contributed by atoms with Crippen LogP contribution in [-0.4, -0.2) is 10.8 Å². The Labute approximate surface area is 164 Å². The monoisotopic (exact) mass is 376 g/mol. The summed E-state index contributed by atoms with van der Waals surface area (Å²) in [6.07, 6.45) is 6.49. The summed E-state index contributed by atoms with van der Waals surface area (Å²) in [7, 11) is 0. The van der Waals surface area contributed by atoms with Crippen molar-refractivity contribution in [3.05, 3.63) is 70.3 Å². The quantitative estimate of drug-likeness (QED) is 0.598. The number of hydrogen-bond donors (Lipinski definition) is 1. The molecule has 2 atom stereocenters. The molecule has 28 heavy (non-hydrogen) atoms. The summed E-state index contributed by atoms with van der Waals surface area (Å²) in [5.74, 6) is 1.32. The van der Waals surface area contributed by atoms with Crippen molar-refractivity contribution in [2.45, 2.75) is 43.9 Å². The number of carbonyl (C=O) groups is 1. The zero-order valence-corrected chi connectivity index (χ0v) is 15.8. The second kappa shape index (κ2) is 6.16. The molecule has 4 saturated carbocycles. The molecular weight excluding hydrogens is 352 g/mol. The molecule has 0 unspecified atom stereocenters. The van der Waals surface area contributed by atoms with Gasteiger partial charge in [-0.1, -0.05) is 30.3 Å². The SMILES string of the molecule is O=C(Nc1ccc([N+](=O)[O-])cc1)C12C[C@H]3C[C@H](C1)CC(c1ccccc1)(C3)C2. The number of nitrogens with one attached hydrogen (secondary N) is 1. The largest absolute Gasteiger partial charge is 0.326 e. The van der Waals surface area contributed by atoms with Gasteiger partial charge in [0.15, 0.2) is 0 Å². The van der Waals surface area contributed by atoms with Gasteiger partial charge in [-0.25, -0.2) is 0 Å². The highest BCUT2D eigenvalue weighted by molar-refractivity contribution is 5.96. The summed E-state index contributed by atoms with van der Waals surface area (Å²) >= 11 is 0. The van der Waals surface area contributed by atoms with Gasteiger partial charge < -0.3 is 5.32 Å². The van der Waals surface area contributed by atoms with Crippen molar-refractivity contribution in [2.75, 3.05) is 5.32 Å². The minimum atomic E-state index is -0.422. The number of benzene rings is 2. The van der Waals surface area contributed by atoms with Gasteiger partial charge in [-0.3, -0.25) is 14.9 Å². The Bertz CT molecular complexity index is 909. The molecular formula is C23H24N2O3. The summed E-state index contributed by atoms with van der Waals surface area (Å²) in [5.41, 5.74) is 1.87. The molecule has 0 spiro atoms. The minimum Gasteiger partial charge on any atom is -0.326 e. The molecule has 144 valence electrons. The standard InChI is InChI=1S/C23H24N2O3/c26-21(24-19-6-8-20(9-7-19)25(27)28)23-13-16-10-17(14-23)12-22(11-16,15-23)18-4-2-1-3-5-18/h1-9,16-17H,10-15H2,(H,24,26)/t16-,17-,22?,23?/m0/s1. The van der Waals surface area contributed by atoms with Crippen LogP contribution in [-0.2, 0) is 10.2 Å². The Balaban J connectivity index is 1.43. The Morgan fingerprint density at radius 1 is 0.964 bits per heavy atom. The molecule has 0 aromatic heterocycles. The average Bonchev–Trinajstić information content (AvgIpc) is 2.68. The third-order valence-electron chi connectivity index (χ3n) is 7.26. The van der Waals surface area contributed by atoms with E-state index >= 15 is 0 Å². The highest BCUT2D eigenvalue weighted by atomic mass is 16.6. The Hall–Kier alpha value is -2.69. The Morgan fingerprint density at radius 3 is 2.21 bits per heavy atom. The number of amides is 1. The van der Waals surface area contributed by atoms with E-state index in [1.165, 1.54) is 37.0 Å². The van der Waals surface area contributed by atoms with Gasteiger partial charge >= 0.3 is 0 Å². The lowest BCUT2D eigenvalue weighted by Gasteiger charge is -2.61. The molecule has 6 rings (SSSR count). The van der Waals surface area contributed by atoms with Gasteiger partial charge in [0.2, 0.25) is 5.91 Å². The molecule has 4 fully saturated rings. The number of anilines is 1. The van der Waals surface area contributed by atoms with Crippen LogP contribution in [0.4, 0.5) is 11.4 Å². The van der Waals surface area contributed by atoms with Gasteiger partial charge in [-0.15, -0.1) is 0 Å². The van der Waals surface area contributed by atoms with Crippen LogP contribution in [0.2, 0.25) is 0 Å². The predicted molar refractivity (Wildman–Crippen MR) is 107 cm³/mol. The number of nitrogens with zero attached hydrogens (tertiary/aromatic N) is 1. The first-order valence-electron chi connectivity index (χ1n) is 10.1. The second-order valence-electron chi connectivity index (χ2n) is 9.15. The summed E-state index contributed by atoms with van der Waals surface area (Å²) in [6.45, 7) is 0. The van der Waals surface area contributed by atoms with E-state index in [-0.39, 0.29) is 22.4 Å². The van der Waals surface area contributed by atoms with E-state index in [4.69, 9.17) is 0 Å². The van der Waals surface area contributed by atoms with E-state index in [2.05, 4.69) is 35.6 Å². The topological polar surface area (TPSA) is 72.2 Å². The molecule has 0 heterocycles. The first kappa shape index (κ1) is 17.4. The molecule has 0 radical (unpaired) electrons. The minimum absolute atomic E-state index is 0.0378. The van der Waals surface area contributed by atoms with Crippen molar-refractivity contribution in [1.29, 1.82) is 0 Å². The van der Waals surface area contributed by atoms with E-state index < -0.39 is 4.92 Å². The summed E-state index contributed by atoms with van der Waals surface area (Å²) in [4.78, 5) is 23.8. The molecule has 0 aliphatic heterocycles. The smallest absolute Gasteiger partial charge is 0.269 e. The molecule has 1 amide bonds. The zero-order chi connectivity index (χ0) is 19.4. The molecule has 2 aromatic carbocycles. The third-order valence-corrected chi connectivity index (χ3v) is 7.26. The first-order valence-corrected chi connectivity index (χ1v) is 10.1. The van der Waals surface area contributed by atoms with Gasteiger partial charge in [0.05, 0.1) is 10.3 Å². The van der Waals surface area contributed by atoms with E-state index in [1.807, 2.05) is 0 Å². The van der Waals surface area contributed by atoms with Gasteiger partial charge in [0, 0.05) is 17.8 Å². The molecule has 5 nitrogen and oxygen atoms in total. The fourth-order valence-electron chi connectivity index (χ4n) is 6.59. The Kier molecular flexibility index (Phi) is 3.83. The maximum Gasteiger partial charge on any atom is 0.269 e. The predicted octanol–water partition coefficient (Wildman–Crippen LogP) is 5.07. The highest BCUT2D eigenvalue weighted by Gasteiger charge is 2.60. The normalized spacial score (nSPS) is 32.9. The van der Waals surface area contributed by atoms with Crippen LogP contribution in [0.1, 0.15) is 44.1 Å². The number of nitro groups is 1. The summed E-state index contributed by atoms with van der Waals surface area (Å²) in [5, 5.41) is 13.9. The molecule has 5 heteroatoms. The van der Waals surface area contributed by atoms with Crippen molar-refractivity contribution in [3.8, 4) is 0 Å². The Morgan fingerprint density at radius 2 is 1.61 bits per heavy atom. The fourth-order valence-corrected chi connectivity index (χ4v) is 6.59. The van der Waals surface area contributed by atoms with Gasteiger partial charge in [-0.2, -0.15) is 0 Å². The average molecular weight is 376 g/mol. The van der Waals surface area contributed by atoms with Gasteiger partial charge in [0.1, 0.15) is 0 Å². The lowest BCUT2D eigenvalue weighted by atomic mass is 9.42. The second-order valence-corrected chi connectivity index (χ2v) is 9.15. The van der Waals surface area contributed by atoms with Gasteiger partial charge in [0.25, 0.3) is 5.69 Å². The molecule has 4 aliphatic rings. The van der Waals surface area contributed by atoms with Crippen LogP contribution in [0, 0.1) is 27.4 Å². The summed E-state index contributed by atoms with van der Waals surface area (Å²) in [6, 6.07) is 16.9. The van der Waals surface area contributed by atoms with E-state index in [0.717, 1.165) is 19.3 Å². The van der Waals surface area contributed by atoms with Crippen molar-refractivity contribution in [3.63, 3.8) is 0 Å². The van der Waals surface area contributed by atoms with Crippen molar-refractivity contribution in [2.24, 2.45) is 17.3 Å². The number of rotatable bonds is 4. The van der Waals surface area contributed by atoms with E-state index in [1.54, 1.807) is 12.1 Å². The maximum atomic E-state index is 13.4. The molecule has 0 saturated heterocycles. The molecule has 2 aromatic rings. The number of carbonyl (C=O) groups excluding carboxylic acids is 1. The number of nitro benzene ring substituents is 1. The highest BCUT2D eigenvalue weighted by Crippen LogP contribution is 2.65. The van der Waals surface area contributed by atoms with Crippen molar-refractivity contribution < 1.29 is 9.72 Å². The van der Waals surface area contributed by atoms with Crippen LogP contribution in [0.3, 0.4) is 0 Å². The lowest BCUT2D eigenvalue weighted by molar-refractivity contribution is -0.384. The molecule has 4 aliphatic carbocycles. The van der Waals surface area contributed by atoms with Crippen LogP contribution >= 0.6 is 0 Å². The van der Waals surface area contributed by atoms with Crippen molar-refractivity contribution in [1.82, 2.24) is 0 Å². The summed E-state index contributed by atoms with van der Waals surface area (Å²) < 4.78 is 0. The van der Waals surface area contributed by atoms with E-state index in [0.29, 0.717) is 17.5 Å².